The second-order valence-corrected chi connectivity index (χ2v) is 9.49. The number of nitrogens with zero attached hydrogens (tertiary/aromatic N) is 3. The molecule has 9 heteroatoms. The fourth-order valence-electron chi connectivity index (χ4n) is 3.96. The predicted molar refractivity (Wildman–Crippen MR) is 132 cm³/mol. The summed E-state index contributed by atoms with van der Waals surface area (Å²) in [6, 6.07) is 13.4. The summed E-state index contributed by atoms with van der Waals surface area (Å²) in [7, 11) is 0. The van der Waals surface area contributed by atoms with Crippen LogP contribution >= 0.6 is 11.3 Å². The average Bonchev–Trinajstić information content (AvgIpc) is 3.55. The third kappa shape index (κ3) is 7.24. The van der Waals surface area contributed by atoms with Gasteiger partial charge in [-0.1, -0.05) is 18.2 Å². The van der Waals surface area contributed by atoms with Crippen molar-refractivity contribution in [1.82, 2.24) is 14.7 Å². The van der Waals surface area contributed by atoms with Crippen LogP contribution in [-0.2, 0) is 22.6 Å². The van der Waals surface area contributed by atoms with E-state index >= 15 is 0 Å². The van der Waals surface area contributed by atoms with Gasteiger partial charge in [0.15, 0.2) is 0 Å². The zero-order valence-corrected chi connectivity index (χ0v) is 20.6. The number of aryl methyl sites for hydroxylation is 1. The fourth-order valence-corrected chi connectivity index (χ4v) is 4.65. The van der Waals surface area contributed by atoms with Crippen LogP contribution in [0.25, 0.3) is 0 Å². The minimum absolute atomic E-state index is 0.0536. The molecule has 0 N–H and O–H groups in total. The fraction of sp³-hybridized carbons (Fsp3) is 0.385. The van der Waals surface area contributed by atoms with E-state index in [1.54, 1.807) is 28.0 Å². The first-order valence-corrected chi connectivity index (χ1v) is 12.6. The lowest BCUT2D eigenvalue weighted by Gasteiger charge is -2.31. The Bertz CT molecular complexity index is 1090. The highest BCUT2D eigenvalue weighted by Gasteiger charge is 2.25. The van der Waals surface area contributed by atoms with Crippen molar-refractivity contribution in [2.45, 2.75) is 20.0 Å². The minimum atomic E-state index is -0.330. The van der Waals surface area contributed by atoms with Crippen LogP contribution in [0.15, 0.2) is 58.3 Å². The van der Waals surface area contributed by atoms with Gasteiger partial charge in [0.25, 0.3) is 5.91 Å². The molecule has 2 aromatic heterocycles. The zero-order chi connectivity index (χ0) is 24.6. The average molecular weight is 500 g/mol. The second-order valence-electron chi connectivity index (χ2n) is 8.55. The maximum absolute atomic E-state index is 13.5. The Morgan fingerprint density at radius 3 is 2.46 bits per heavy atom. The smallest absolute Gasteiger partial charge is 0.264 e. The van der Waals surface area contributed by atoms with Crippen LogP contribution in [0.3, 0.4) is 0 Å². The number of furan rings is 1. The number of hydrogen-bond acceptors (Lipinski definition) is 6. The summed E-state index contributed by atoms with van der Waals surface area (Å²) in [5.74, 6) is 0.730. The Labute approximate surface area is 208 Å². The summed E-state index contributed by atoms with van der Waals surface area (Å²) in [5, 5.41) is 1.86. The molecule has 1 aliphatic heterocycles. The van der Waals surface area contributed by atoms with Crippen molar-refractivity contribution in [3.05, 3.63) is 81.7 Å². The van der Waals surface area contributed by atoms with Gasteiger partial charge in [0.05, 0.1) is 24.6 Å². The number of amides is 2. The van der Waals surface area contributed by atoms with Gasteiger partial charge in [0, 0.05) is 32.7 Å². The highest BCUT2D eigenvalue weighted by atomic mass is 32.1. The lowest BCUT2D eigenvalue weighted by molar-refractivity contribution is -0.133. The lowest BCUT2D eigenvalue weighted by Crippen LogP contribution is -2.46. The normalized spacial score (nSPS) is 14.1. The monoisotopic (exact) mass is 499 g/mol. The first-order valence-electron chi connectivity index (χ1n) is 11.7. The van der Waals surface area contributed by atoms with Crippen molar-refractivity contribution in [2.24, 2.45) is 0 Å². The van der Waals surface area contributed by atoms with Gasteiger partial charge in [-0.2, -0.15) is 0 Å². The van der Waals surface area contributed by atoms with E-state index in [1.807, 2.05) is 30.5 Å². The van der Waals surface area contributed by atoms with Crippen LogP contribution in [0.1, 0.15) is 26.8 Å². The molecule has 0 saturated carbocycles. The largest absolute Gasteiger partial charge is 0.464 e. The lowest BCUT2D eigenvalue weighted by atomic mass is 10.2. The number of rotatable bonds is 10. The van der Waals surface area contributed by atoms with E-state index in [0.717, 1.165) is 24.4 Å². The number of hydrogen-bond donors (Lipinski definition) is 0. The molecule has 3 heterocycles. The van der Waals surface area contributed by atoms with Crippen molar-refractivity contribution in [3.63, 3.8) is 0 Å². The molecule has 0 atom stereocenters. The van der Waals surface area contributed by atoms with E-state index in [-0.39, 0.29) is 37.3 Å². The summed E-state index contributed by atoms with van der Waals surface area (Å²) >= 11 is 1.37. The van der Waals surface area contributed by atoms with Gasteiger partial charge in [0.1, 0.15) is 23.9 Å². The summed E-state index contributed by atoms with van der Waals surface area (Å²) in [4.78, 5) is 32.9. The first kappa shape index (κ1) is 25.1. The Balaban J connectivity index is 1.50. The number of halogens is 1. The molecule has 186 valence electrons. The second kappa shape index (κ2) is 12.1. The molecule has 0 radical (unpaired) electrons. The molecular formula is C26H30FN3O4S. The van der Waals surface area contributed by atoms with E-state index in [0.29, 0.717) is 36.9 Å². The van der Waals surface area contributed by atoms with Crippen molar-refractivity contribution in [3.8, 4) is 0 Å². The summed E-state index contributed by atoms with van der Waals surface area (Å²) in [6.07, 6.45) is 0. The molecular weight excluding hydrogens is 469 g/mol. The van der Waals surface area contributed by atoms with Gasteiger partial charge in [-0.15, -0.1) is 11.3 Å². The van der Waals surface area contributed by atoms with Crippen molar-refractivity contribution >= 4 is 23.2 Å². The molecule has 3 aromatic rings. The molecule has 0 unspecified atom stereocenters. The first-order chi connectivity index (χ1) is 17.0. The van der Waals surface area contributed by atoms with E-state index in [1.165, 1.54) is 23.5 Å². The van der Waals surface area contributed by atoms with Gasteiger partial charge in [0.2, 0.25) is 5.91 Å². The molecule has 0 spiro atoms. The van der Waals surface area contributed by atoms with Gasteiger partial charge in [-0.05, 0) is 48.2 Å². The molecule has 2 amide bonds. The van der Waals surface area contributed by atoms with Crippen LogP contribution in [0, 0.1) is 12.7 Å². The number of benzene rings is 1. The standard InChI is InChI=1S/C26H30FN3O4S/c1-20-4-9-23(34-20)18-30(17-21-5-7-22(27)8-6-21)25(31)19-29(26(32)24-3-2-16-35-24)11-10-28-12-14-33-15-13-28/h2-9,16H,10-15,17-19H2,1H3. The molecule has 0 aliphatic carbocycles. The SMILES string of the molecule is Cc1ccc(CN(Cc2ccc(F)cc2)C(=O)CN(CCN2CCOCC2)C(=O)c2cccs2)o1. The van der Waals surface area contributed by atoms with Crippen LogP contribution in [-0.4, -0.2) is 72.5 Å². The summed E-state index contributed by atoms with van der Waals surface area (Å²) < 4.78 is 24.5. The maximum Gasteiger partial charge on any atom is 0.264 e. The van der Waals surface area contributed by atoms with Crippen molar-refractivity contribution in [2.75, 3.05) is 45.9 Å². The third-order valence-corrected chi connectivity index (χ3v) is 6.78. The third-order valence-electron chi connectivity index (χ3n) is 5.92. The maximum atomic E-state index is 13.5. The molecule has 35 heavy (non-hydrogen) atoms. The van der Waals surface area contributed by atoms with E-state index in [9.17, 15) is 14.0 Å². The molecule has 1 aromatic carbocycles. The van der Waals surface area contributed by atoms with Crippen LogP contribution < -0.4 is 0 Å². The number of carbonyl (C=O) groups excluding carboxylic acids is 2. The number of carbonyl (C=O) groups is 2. The quantitative estimate of drug-likeness (QED) is 0.425. The molecule has 4 rings (SSSR count). The Hall–Kier alpha value is -3.01. The van der Waals surface area contributed by atoms with Crippen LogP contribution in [0.5, 0.6) is 0 Å². The topological polar surface area (TPSA) is 66.2 Å². The van der Waals surface area contributed by atoms with E-state index in [2.05, 4.69) is 4.90 Å². The Morgan fingerprint density at radius 2 is 1.80 bits per heavy atom. The number of ether oxygens (including phenoxy) is 1. The Morgan fingerprint density at radius 1 is 1.03 bits per heavy atom. The molecule has 7 nitrogen and oxygen atoms in total. The van der Waals surface area contributed by atoms with Crippen molar-refractivity contribution in [1.29, 1.82) is 0 Å². The molecule has 1 aliphatic rings. The summed E-state index contributed by atoms with van der Waals surface area (Å²) in [5.41, 5.74) is 0.799. The molecule has 0 bridgehead atoms. The summed E-state index contributed by atoms with van der Waals surface area (Å²) in [6.45, 7) is 6.41. The zero-order valence-electron chi connectivity index (χ0n) is 19.8. The van der Waals surface area contributed by atoms with Crippen molar-refractivity contribution < 1.29 is 23.1 Å². The number of morpholine rings is 1. The van der Waals surface area contributed by atoms with Crippen LogP contribution in [0.4, 0.5) is 4.39 Å². The van der Waals surface area contributed by atoms with E-state index in [4.69, 9.17) is 9.15 Å². The molecule has 1 fully saturated rings. The molecule has 1 saturated heterocycles. The highest BCUT2D eigenvalue weighted by molar-refractivity contribution is 7.12. The number of thiophene rings is 1. The Kier molecular flexibility index (Phi) is 8.68. The van der Waals surface area contributed by atoms with E-state index < -0.39 is 0 Å². The predicted octanol–water partition coefficient (Wildman–Crippen LogP) is 3.79. The van der Waals surface area contributed by atoms with Gasteiger partial charge in [-0.3, -0.25) is 14.5 Å². The van der Waals surface area contributed by atoms with Gasteiger partial charge >= 0.3 is 0 Å². The van der Waals surface area contributed by atoms with Gasteiger partial charge in [-0.25, -0.2) is 4.39 Å². The highest BCUT2D eigenvalue weighted by Crippen LogP contribution is 2.16. The van der Waals surface area contributed by atoms with Gasteiger partial charge < -0.3 is 19.0 Å². The minimum Gasteiger partial charge on any atom is -0.464 e. The van der Waals surface area contributed by atoms with Crippen LogP contribution in [0.2, 0.25) is 0 Å².